The molecule has 4 heterocycles. The summed E-state index contributed by atoms with van der Waals surface area (Å²) in [7, 11) is 0. The highest BCUT2D eigenvalue weighted by Gasteiger charge is 2.21. The van der Waals surface area contributed by atoms with E-state index in [4.69, 9.17) is 4.42 Å². The molecule has 0 saturated carbocycles. The third kappa shape index (κ3) is 3.12. The number of furan rings is 1. The Morgan fingerprint density at radius 1 is 0.967 bits per heavy atom. The number of para-hydroxylation sites is 1. The molecule has 0 aliphatic rings. The molecular weight excluding hydrogens is 412 g/mol. The number of halogens is 2. The summed E-state index contributed by atoms with van der Waals surface area (Å²) in [5.41, 5.74) is 1.90. The topological polar surface area (TPSA) is 86.9 Å². The number of aryl methyl sites for hydroxylation is 1. The molecule has 0 spiro atoms. The predicted molar refractivity (Wildman–Crippen MR) is 104 cm³/mol. The van der Waals surface area contributed by atoms with Gasteiger partial charge in [0.05, 0.1) is 11.8 Å². The van der Waals surface area contributed by atoms with Gasteiger partial charge in [-0.2, -0.15) is 9.61 Å². The van der Waals surface area contributed by atoms with Crippen LogP contribution >= 0.6 is 11.8 Å². The zero-order chi connectivity index (χ0) is 20.7. The van der Waals surface area contributed by atoms with Crippen molar-refractivity contribution < 1.29 is 13.2 Å². The highest BCUT2D eigenvalue weighted by molar-refractivity contribution is 7.99. The van der Waals surface area contributed by atoms with Crippen molar-refractivity contribution in [1.82, 2.24) is 34.6 Å². The predicted octanol–water partition coefficient (Wildman–Crippen LogP) is 4.36. The number of nitrogens with zero attached hydrogens (tertiary/aromatic N) is 7. The second kappa shape index (κ2) is 7.34. The first-order valence-electron chi connectivity index (χ1n) is 8.85. The highest BCUT2D eigenvalue weighted by Crippen LogP contribution is 2.33. The van der Waals surface area contributed by atoms with E-state index in [0.717, 1.165) is 15.8 Å². The highest BCUT2D eigenvalue weighted by atomic mass is 32.2. The maximum atomic E-state index is 13.2. The smallest absolute Gasteiger partial charge is 0.299 e. The summed E-state index contributed by atoms with van der Waals surface area (Å²) in [6.07, 6.45) is -1.19. The maximum Gasteiger partial charge on any atom is 0.299 e. The van der Waals surface area contributed by atoms with Gasteiger partial charge in [0, 0.05) is 5.69 Å². The number of hydrogen-bond donors (Lipinski definition) is 0. The van der Waals surface area contributed by atoms with Crippen molar-refractivity contribution in [2.24, 2.45) is 0 Å². The van der Waals surface area contributed by atoms with Crippen LogP contribution in [0.1, 0.15) is 18.0 Å². The monoisotopic (exact) mass is 425 g/mol. The molecule has 0 bridgehead atoms. The van der Waals surface area contributed by atoms with Crippen LogP contribution in [0.25, 0.3) is 22.7 Å². The molecule has 5 aromatic rings. The Morgan fingerprint density at radius 3 is 2.53 bits per heavy atom. The zero-order valence-electron chi connectivity index (χ0n) is 15.5. The average molecular weight is 425 g/mol. The lowest BCUT2D eigenvalue weighted by Crippen LogP contribution is -2.02. The van der Waals surface area contributed by atoms with E-state index in [-0.39, 0.29) is 5.65 Å². The van der Waals surface area contributed by atoms with E-state index in [2.05, 4.69) is 25.5 Å². The molecule has 0 saturated heterocycles. The van der Waals surface area contributed by atoms with E-state index in [1.54, 1.807) is 18.4 Å². The Bertz CT molecular complexity index is 1330. The molecule has 0 unspecified atom stereocenters. The Balaban J connectivity index is 1.62. The van der Waals surface area contributed by atoms with Gasteiger partial charge in [-0.15, -0.1) is 20.4 Å². The quantitative estimate of drug-likeness (QED) is 0.413. The Hall–Kier alpha value is -3.60. The van der Waals surface area contributed by atoms with Gasteiger partial charge >= 0.3 is 0 Å². The Kier molecular flexibility index (Phi) is 4.51. The van der Waals surface area contributed by atoms with Gasteiger partial charge in [-0.1, -0.05) is 18.2 Å². The van der Waals surface area contributed by atoms with E-state index in [1.807, 2.05) is 47.9 Å². The standard InChI is InChI=1S/C19H13F2N7OS/c1-11-13(9-10-29-11)17-23-25-19(27(17)12-5-3-2-4-6-12)30-15-8-7-14-22-24-18(16(20)21)28(14)26-15/h2-10,16H,1H3. The minimum atomic E-state index is -2.78. The summed E-state index contributed by atoms with van der Waals surface area (Å²) in [4.78, 5) is 0. The molecule has 5 rings (SSSR count). The molecular formula is C19H13F2N7OS. The molecule has 1 aromatic carbocycles. The lowest BCUT2D eigenvalue weighted by molar-refractivity contribution is 0.137. The summed E-state index contributed by atoms with van der Waals surface area (Å²) >= 11 is 1.20. The van der Waals surface area contributed by atoms with Gasteiger partial charge in [-0.3, -0.25) is 4.57 Å². The second-order valence-electron chi connectivity index (χ2n) is 6.27. The minimum Gasteiger partial charge on any atom is -0.469 e. The lowest BCUT2D eigenvalue weighted by atomic mass is 10.2. The normalized spacial score (nSPS) is 11.6. The first kappa shape index (κ1) is 18.4. The molecule has 4 aromatic heterocycles. The molecule has 30 heavy (non-hydrogen) atoms. The molecule has 11 heteroatoms. The van der Waals surface area contributed by atoms with Crippen molar-refractivity contribution in [3.63, 3.8) is 0 Å². The van der Waals surface area contributed by atoms with E-state index in [0.29, 0.717) is 21.8 Å². The molecule has 0 fully saturated rings. The van der Waals surface area contributed by atoms with Gasteiger partial charge in [0.25, 0.3) is 6.43 Å². The molecule has 0 aliphatic carbocycles. The van der Waals surface area contributed by atoms with Gasteiger partial charge in [-0.25, -0.2) is 8.78 Å². The van der Waals surface area contributed by atoms with Crippen LogP contribution in [0.2, 0.25) is 0 Å². The number of benzene rings is 1. The van der Waals surface area contributed by atoms with Gasteiger partial charge in [0.15, 0.2) is 11.5 Å². The average Bonchev–Trinajstić information content (AvgIpc) is 3.46. The number of alkyl halides is 2. The van der Waals surface area contributed by atoms with Crippen LogP contribution in [-0.4, -0.2) is 34.6 Å². The summed E-state index contributed by atoms with van der Waals surface area (Å²) in [6.45, 7) is 1.85. The maximum absolute atomic E-state index is 13.2. The first-order chi connectivity index (χ1) is 14.6. The third-order valence-corrected chi connectivity index (χ3v) is 5.27. The summed E-state index contributed by atoms with van der Waals surface area (Å²) < 4.78 is 34.7. The number of rotatable bonds is 5. The van der Waals surface area contributed by atoms with Crippen LogP contribution in [0, 0.1) is 6.92 Å². The van der Waals surface area contributed by atoms with Crippen LogP contribution in [-0.2, 0) is 0 Å². The van der Waals surface area contributed by atoms with Gasteiger partial charge < -0.3 is 4.42 Å². The van der Waals surface area contributed by atoms with Crippen molar-refractivity contribution in [3.8, 4) is 17.1 Å². The number of fused-ring (bicyclic) bond motifs is 1. The molecule has 0 aliphatic heterocycles. The first-order valence-corrected chi connectivity index (χ1v) is 9.67. The van der Waals surface area contributed by atoms with E-state index in [9.17, 15) is 8.78 Å². The summed E-state index contributed by atoms with van der Waals surface area (Å²) in [5, 5.41) is 21.1. The van der Waals surface area contributed by atoms with Crippen molar-refractivity contribution in [3.05, 3.63) is 66.4 Å². The van der Waals surface area contributed by atoms with Crippen LogP contribution in [0.5, 0.6) is 0 Å². The third-order valence-electron chi connectivity index (χ3n) is 4.40. The molecule has 0 radical (unpaired) electrons. The van der Waals surface area contributed by atoms with Crippen LogP contribution < -0.4 is 0 Å². The fourth-order valence-electron chi connectivity index (χ4n) is 3.01. The molecule has 0 N–H and O–H groups in total. The lowest BCUT2D eigenvalue weighted by Gasteiger charge is -2.09. The number of hydrogen-bond acceptors (Lipinski definition) is 7. The second-order valence-corrected chi connectivity index (χ2v) is 7.26. The Labute approximate surface area is 172 Å². The molecule has 150 valence electrons. The summed E-state index contributed by atoms with van der Waals surface area (Å²) in [6, 6.07) is 14.7. The van der Waals surface area contributed by atoms with Crippen molar-refractivity contribution in [1.29, 1.82) is 0 Å². The van der Waals surface area contributed by atoms with Crippen molar-refractivity contribution in [2.75, 3.05) is 0 Å². The molecule has 0 atom stereocenters. The van der Waals surface area contributed by atoms with E-state index >= 15 is 0 Å². The fraction of sp³-hybridized carbons (Fsp3) is 0.105. The fourth-order valence-corrected chi connectivity index (χ4v) is 3.82. The van der Waals surface area contributed by atoms with E-state index < -0.39 is 12.2 Å². The SMILES string of the molecule is Cc1occc1-c1nnc(Sc2ccc3nnc(C(F)F)n3n2)n1-c1ccccc1. The van der Waals surface area contributed by atoms with Crippen LogP contribution in [0.3, 0.4) is 0 Å². The zero-order valence-corrected chi connectivity index (χ0v) is 16.3. The molecule has 8 nitrogen and oxygen atoms in total. The van der Waals surface area contributed by atoms with Gasteiger partial charge in [0.2, 0.25) is 11.0 Å². The van der Waals surface area contributed by atoms with Crippen molar-refractivity contribution in [2.45, 2.75) is 23.5 Å². The van der Waals surface area contributed by atoms with Crippen LogP contribution in [0.15, 0.2) is 69.4 Å². The minimum absolute atomic E-state index is 0.244. The molecule has 0 amide bonds. The summed E-state index contributed by atoms with van der Waals surface area (Å²) in [5.74, 6) is 0.807. The van der Waals surface area contributed by atoms with Gasteiger partial charge in [0.1, 0.15) is 10.8 Å². The van der Waals surface area contributed by atoms with Gasteiger partial charge in [-0.05, 0) is 49.0 Å². The number of aromatic nitrogens is 7. The van der Waals surface area contributed by atoms with E-state index in [1.165, 1.54) is 11.8 Å². The van der Waals surface area contributed by atoms with Crippen molar-refractivity contribution >= 4 is 17.4 Å². The largest absolute Gasteiger partial charge is 0.469 e. The van der Waals surface area contributed by atoms with Crippen LogP contribution in [0.4, 0.5) is 8.78 Å². The Morgan fingerprint density at radius 2 is 1.80 bits per heavy atom.